The van der Waals surface area contributed by atoms with Gasteiger partial charge in [-0.05, 0) is 43.7 Å². The highest BCUT2D eigenvalue weighted by Crippen LogP contribution is 2.38. The lowest BCUT2D eigenvalue weighted by atomic mass is 9.95. The van der Waals surface area contributed by atoms with Crippen LogP contribution in [0.25, 0.3) is 11.4 Å². The second-order valence-electron chi connectivity index (χ2n) is 8.39. The van der Waals surface area contributed by atoms with Crippen molar-refractivity contribution in [2.45, 2.75) is 19.9 Å². The fraction of sp³-hybridized carbons (Fsp3) is 0.148. The van der Waals surface area contributed by atoms with E-state index in [2.05, 4.69) is 10.6 Å². The van der Waals surface area contributed by atoms with Gasteiger partial charge in [0, 0.05) is 11.3 Å². The molecule has 2 heterocycles. The van der Waals surface area contributed by atoms with E-state index in [9.17, 15) is 9.90 Å². The number of phenolic OH excluding ortho intramolecular Hbond substituents is 1. The Bertz CT molecular complexity index is 1440. The largest absolute Gasteiger partial charge is 0.508 e. The highest BCUT2D eigenvalue weighted by molar-refractivity contribution is 6.06. The van der Waals surface area contributed by atoms with E-state index in [0.29, 0.717) is 40.0 Å². The third-order valence-electron chi connectivity index (χ3n) is 5.95. The normalized spacial score (nSPS) is 14.8. The molecule has 0 aliphatic carbocycles. The lowest BCUT2D eigenvalue weighted by molar-refractivity contribution is -0.113. The Morgan fingerprint density at radius 2 is 1.83 bits per heavy atom. The second kappa shape index (κ2) is 8.98. The molecule has 35 heavy (non-hydrogen) atoms. The summed E-state index contributed by atoms with van der Waals surface area (Å²) in [4.78, 5) is 18.3. The Labute approximate surface area is 202 Å². The number of nitrogens with zero attached hydrogens (tertiary/aromatic N) is 3. The van der Waals surface area contributed by atoms with Crippen LogP contribution in [0, 0.1) is 6.92 Å². The number of para-hydroxylation sites is 2. The summed E-state index contributed by atoms with van der Waals surface area (Å²) < 4.78 is 7.09. The number of allylic oxidation sites excluding steroid dienone is 1. The molecule has 0 fully saturated rings. The van der Waals surface area contributed by atoms with Crippen LogP contribution in [0.5, 0.6) is 11.5 Å². The number of carbonyl (C=O) groups is 1. The fourth-order valence-electron chi connectivity index (χ4n) is 4.21. The monoisotopic (exact) mass is 467 g/mol. The van der Waals surface area contributed by atoms with Gasteiger partial charge in [-0.3, -0.25) is 4.79 Å². The molecule has 3 aromatic carbocycles. The number of fused-ring (bicyclic) bond motifs is 1. The molecule has 0 radical (unpaired) electrons. The summed E-state index contributed by atoms with van der Waals surface area (Å²) in [5.41, 5.74) is 4.36. The van der Waals surface area contributed by atoms with Crippen LogP contribution in [0.1, 0.15) is 24.1 Å². The van der Waals surface area contributed by atoms with E-state index in [0.717, 1.165) is 11.1 Å². The van der Waals surface area contributed by atoms with Gasteiger partial charge in [0.2, 0.25) is 5.95 Å². The van der Waals surface area contributed by atoms with Gasteiger partial charge in [-0.25, -0.2) is 4.68 Å². The third kappa shape index (κ3) is 4.21. The molecular weight excluding hydrogens is 442 g/mol. The Morgan fingerprint density at radius 1 is 1.06 bits per heavy atom. The number of hydrogen-bond acceptors (Lipinski definition) is 6. The van der Waals surface area contributed by atoms with Crippen molar-refractivity contribution in [3.63, 3.8) is 0 Å². The van der Waals surface area contributed by atoms with Gasteiger partial charge >= 0.3 is 0 Å². The SMILES string of the molecule is COc1ccccc1NC(=O)C1=C(C)Nc2nc(-c3ccc(C)cc3)nn2[C@@H]1c1cccc(O)c1. The number of anilines is 2. The van der Waals surface area contributed by atoms with Crippen molar-refractivity contribution < 1.29 is 14.6 Å². The molecule has 1 atom stereocenters. The number of phenols is 1. The number of nitrogens with one attached hydrogen (secondary N) is 2. The third-order valence-corrected chi connectivity index (χ3v) is 5.95. The van der Waals surface area contributed by atoms with Crippen molar-refractivity contribution in [1.82, 2.24) is 14.8 Å². The zero-order chi connectivity index (χ0) is 24.5. The maximum atomic E-state index is 13.7. The molecule has 8 nitrogen and oxygen atoms in total. The van der Waals surface area contributed by atoms with Crippen molar-refractivity contribution in [2.24, 2.45) is 0 Å². The summed E-state index contributed by atoms with van der Waals surface area (Å²) >= 11 is 0. The Kier molecular flexibility index (Phi) is 5.70. The predicted octanol–water partition coefficient (Wildman–Crippen LogP) is 4.90. The molecule has 0 saturated heterocycles. The first-order chi connectivity index (χ1) is 16.9. The molecule has 3 N–H and O–H groups in total. The summed E-state index contributed by atoms with van der Waals surface area (Å²) in [5.74, 6) is 1.39. The Balaban J connectivity index is 1.60. The van der Waals surface area contributed by atoms with E-state index < -0.39 is 6.04 Å². The van der Waals surface area contributed by atoms with Crippen LogP contribution in [0.2, 0.25) is 0 Å². The molecule has 1 aliphatic heterocycles. The molecule has 176 valence electrons. The lowest BCUT2D eigenvalue weighted by Crippen LogP contribution is -2.31. The Morgan fingerprint density at radius 3 is 2.57 bits per heavy atom. The van der Waals surface area contributed by atoms with Crippen molar-refractivity contribution >= 4 is 17.5 Å². The second-order valence-corrected chi connectivity index (χ2v) is 8.39. The van der Waals surface area contributed by atoms with Crippen LogP contribution in [-0.2, 0) is 4.79 Å². The van der Waals surface area contributed by atoms with Crippen LogP contribution < -0.4 is 15.4 Å². The number of aryl methyl sites for hydroxylation is 1. The maximum Gasteiger partial charge on any atom is 0.255 e. The van der Waals surface area contributed by atoms with E-state index >= 15 is 0 Å². The minimum absolute atomic E-state index is 0.101. The maximum absolute atomic E-state index is 13.7. The van der Waals surface area contributed by atoms with Gasteiger partial charge in [0.25, 0.3) is 5.91 Å². The summed E-state index contributed by atoms with van der Waals surface area (Å²) in [6.07, 6.45) is 0. The molecule has 4 aromatic rings. The number of benzene rings is 3. The lowest BCUT2D eigenvalue weighted by Gasteiger charge is -2.29. The molecule has 0 saturated carbocycles. The van der Waals surface area contributed by atoms with Crippen LogP contribution in [0.15, 0.2) is 84.1 Å². The number of aromatic hydroxyl groups is 1. The molecule has 8 heteroatoms. The predicted molar refractivity (Wildman–Crippen MR) is 134 cm³/mol. The number of carbonyl (C=O) groups excluding carboxylic acids is 1. The van der Waals surface area contributed by atoms with Crippen LogP contribution in [0.4, 0.5) is 11.6 Å². The van der Waals surface area contributed by atoms with Crippen molar-refractivity contribution in [3.8, 4) is 22.9 Å². The molecule has 0 bridgehead atoms. The first-order valence-corrected chi connectivity index (χ1v) is 11.2. The van der Waals surface area contributed by atoms with Crippen molar-refractivity contribution in [3.05, 3.63) is 95.2 Å². The zero-order valence-electron chi connectivity index (χ0n) is 19.6. The molecule has 1 amide bonds. The van der Waals surface area contributed by atoms with Crippen molar-refractivity contribution in [1.29, 1.82) is 0 Å². The number of amides is 1. The molecule has 1 aromatic heterocycles. The molecule has 1 aliphatic rings. The quantitative estimate of drug-likeness (QED) is 0.386. The van der Waals surface area contributed by atoms with Gasteiger partial charge < -0.3 is 20.5 Å². The first-order valence-electron chi connectivity index (χ1n) is 11.2. The minimum atomic E-state index is -0.611. The average molecular weight is 468 g/mol. The van der Waals surface area contributed by atoms with E-state index in [1.54, 1.807) is 42.1 Å². The van der Waals surface area contributed by atoms with Gasteiger partial charge in [0.05, 0.1) is 18.4 Å². The van der Waals surface area contributed by atoms with Gasteiger partial charge in [-0.2, -0.15) is 4.98 Å². The smallest absolute Gasteiger partial charge is 0.255 e. The number of methoxy groups -OCH3 is 1. The highest BCUT2D eigenvalue weighted by atomic mass is 16.5. The molecule has 0 spiro atoms. The zero-order valence-corrected chi connectivity index (χ0v) is 19.6. The first kappa shape index (κ1) is 22.2. The van der Waals surface area contributed by atoms with Gasteiger partial charge in [0.15, 0.2) is 5.82 Å². The van der Waals surface area contributed by atoms with Gasteiger partial charge in [0.1, 0.15) is 17.5 Å². The summed E-state index contributed by atoms with van der Waals surface area (Å²) in [6.45, 7) is 3.85. The number of rotatable bonds is 5. The summed E-state index contributed by atoms with van der Waals surface area (Å²) in [5, 5.41) is 21.2. The summed E-state index contributed by atoms with van der Waals surface area (Å²) in [7, 11) is 1.56. The average Bonchev–Trinajstić information content (AvgIpc) is 3.27. The number of hydrogen-bond donors (Lipinski definition) is 3. The van der Waals surface area contributed by atoms with Crippen LogP contribution in [-0.4, -0.2) is 32.9 Å². The number of ether oxygens (including phenoxy) is 1. The Hall–Kier alpha value is -4.59. The molecule has 0 unspecified atom stereocenters. The summed E-state index contributed by atoms with van der Waals surface area (Å²) in [6, 6.07) is 21.4. The van der Waals surface area contributed by atoms with Gasteiger partial charge in [-0.1, -0.05) is 54.1 Å². The molecule has 5 rings (SSSR count). The van der Waals surface area contributed by atoms with E-state index in [1.165, 1.54) is 0 Å². The molecular formula is C27H25N5O3. The van der Waals surface area contributed by atoms with Gasteiger partial charge in [-0.15, -0.1) is 5.10 Å². The van der Waals surface area contributed by atoms with E-state index in [-0.39, 0.29) is 11.7 Å². The highest BCUT2D eigenvalue weighted by Gasteiger charge is 2.35. The fourth-order valence-corrected chi connectivity index (χ4v) is 4.21. The standard InChI is InChI=1S/C27H25N5O3/c1-16-11-13-18(14-12-16)25-30-27-28-17(2)23(26(34)29-21-9-4-5-10-22(21)35-3)24(32(27)31-25)19-7-6-8-20(33)15-19/h4-15,24,33H,1-3H3,(H,29,34)(H,28,30,31)/t24-/m1/s1. The van der Waals surface area contributed by atoms with Crippen LogP contribution >= 0.6 is 0 Å². The number of aromatic nitrogens is 3. The van der Waals surface area contributed by atoms with Crippen molar-refractivity contribution in [2.75, 3.05) is 17.7 Å². The van der Waals surface area contributed by atoms with E-state index in [4.69, 9.17) is 14.8 Å². The van der Waals surface area contributed by atoms with E-state index in [1.807, 2.05) is 56.3 Å². The van der Waals surface area contributed by atoms with Crippen LogP contribution in [0.3, 0.4) is 0 Å². The minimum Gasteiger partial charge on any atom is -0.508 e. The topological polar surface area (TPSA) is 101 Å².